The van der Waals surface area contributed by atoms with Crippen molar-refractivity contribution in [1.82, 2.24) is 20.1 Å². The Bertz CT molecular complexity index is 972. The number of rotatable bonds is 5. The summed E-state index contributed by atoms with van der Waals surface area (Å²) in [5.41, 5.74) is 7.05. The Morgan fingerprint density at radius 3 is 2.65 bits per heavy atom. The zero-order chi connectivity index (χ0) is 18.8. The fourth-order valence-electron chi connectivity index (χ4n) is 3.54. The van der Waals surface area contributed by atoms with Crippen molar-refractivity contribution >= 4 is 16.8 Å². The van der Waals surface area contributed by atoms with E-state index < -0.39 is 0 Å². The quantitative estimate of drug-likeness (QED) is 0.764. The van der Waals surface area contributed by atoms with E-state index in [-0.39, 0.29) is 5.91 Å². The van der Waals surface area contributed by atoms with Gasteiger partial charge in [-0.05, 0) is 51.3 Å². The predicted octanol–water partition coefficient (Wildman–Crippen LogP) is 3.66. The highest BCUT2D eigenvalue weighted by Crippen LogP contribution is 2.21. The SMILES string of the molecule is CCc1c(C)nn(CCNC(=O)c2cc(C)nc3c(C)cccc23)c1C. The zero-order valence-electron chi connectivity index (χ0n) is 16.2. The van der Waals surface area contributed by atoms with Crippen molar-refractivity contribution in [3.63, 3.8) is 0 Å². The maximum absolute atomic E-state index is 12.8. The van der Waals surface area contributed by atoms with Gasteiger partial charge in [-0.1, -0.05) is 25.1 Å². The molecular weight excluding hydrogens is 324 g/mol. The van der Waals surface area contributed by atoms with Gasteiger partial charge in [0, 0.05) is 23.3 Å². The number of aryl methyl sites for hydroxylation is 3. The largest absolute Gasteiger partial charge is 0.350 e. The normalized spacial score (nSPS) is 11.1. The van der Waals surface area contributed by atoms with Crippen LogP contribution in [0.25, 0.3) is 10.9 Å². The monoisotopic (exact) mass is 350 g/mol. The Morgan fingerprint density at radius 2 is 1.96 bits per heavy atom. The molecule has 0 aliphatic heterocycles. The average molecular weight is 350 g/mol. The summed E-state index contributed by atoms with van der Waals surface area (Å²) in [7, 11) is 0. The summed E-state index contributed by atoms with van der Waals surface area (Å²) >= 11 is 0. The van der Waals surface area contributed by atoms with Crippen LogP contribution in [0.2, 0.25) is 0 Å². The fourth-order valence-corrected chi connectivity index (χ4v) is 3.54. The summed E-state index contributed by atoms with van der Waals surface area (Å²) in [5, 5.41) is 8.51. The number of benzene rings is 1. The van der Waals surface area contributed by atoms with E-state index in [1.807, 2.05) is 49.7 Å². The first-order valence-corrected chi connectivity index (χ1v) is 9.10. The van der Waals surface area contributed by atoms with Gasteiger partial charge in [0.2, 0.25) is 0 Å². The van der Waals surface area contributed by atoms with Crippen LogP contribution in [-0.4, -0.2) is 27.2 Å². The first kappa shape index (κ1) is 18.1. The van der Waals surface area contributed by atoms with E-state index in [2.05, 4.69) is 29.2 Å². The summed E-state index contributed by atoms with van der Waals surface area (Å²) in [6, 6.07) is 7.80. The number of pyridine rings is 1. The van der Waals surface area contributed by atoms with Gasteiger partial charge in [-0.15, -0.1) is 0 Å². The average Bonchev–Trinajstić information content (AvgIpc) is 2.88. The third-order valence-electron chi connectivity index (χ3n) is 4.91. The molecule has 26 heavy (non-hydrogen) atoms. The van der Waals surface area contributed by atoms with Gasteiger partial charge in [-0.2, -0.15) is 5.10 Å². The Morgan fingerprint density at radius 1 is 1.19 bits per heavy atom. The van der Waals surface area contributed by atoms with Gasteiger partial charge in [-0.25, -0.2) is 0 Å². The minimum atomic E-state index is -0.0663. The van der Waals surface area contributed by atoms with E-state index >= 15 is 0 Å². The summed E-state index contributed by atoms with van der Waals surface area (Å²) in [6.07, 6.45) is 0.978. The lowest BCUT2D eigenvalue weighted by atomic mass is 10.0. The molecule has 0 bridgehead atoms. The second-order valence-electron chi connectivity index (χ2n) is 6.76. The maximum atomic E-state index is 12.8. The molecule has 1 aromatic carbocycles. The van der Waals surface area contributed by atoms with Crippen LogP contribution in [0, 0.1) is 27.7 Å². The highest BCUT2D eigenvalue weighted by Gasteiger charge is 2.14. The maximum Gasteiger partial charge on any atom is 0.252 e. The molecule has 5 nitrogen and oxygen atoms in total. The summed E-state index contributed by atoms with van der Waals surface area (Å²) in [6.45, 7) is 11.4. The number of amides is 1. The lowest BCUT2D eigenvalue weighted by molar-refractivity contribution is 0.0953. The summed E-state index contributed by atoms with van der Waals surface area (Å²) in [4.78, 5) is 17.3. The molecular formula is C21H26N4O. The van der Waals surface area contributed by atoms with Crippen LogP contribution in [0.15, 0.2) is 24.3 Å². The van der Waals surface area contributed by atoms with Gasteiger partial charge in [0.05, 0.1) is 23.3 Å². The summed E-state index contributed by atoms with van der Waals surface area (Å²) < 4.78 is 1.98. The lowest BCUT2D eigenvalue weighted by Gasteiger charge is -2.11. The highest BCUT2D eigenvalue weighted by molar-refractivity contribution is 6.06. The van der Waals surface area contributed by atoms with E-state index in [0.717, 1.165) is 34.3 Å². The fraction of sp³-hybridized carbons (Fsp3) is 0.381. The molecule has 1 amide bonds. The van der Waals surface area contributed by atoms with Crippen molar-refractivity contribution in [2.45, 2.75) is 47.6 Å². The van der Waals surface area contributed by atoms with Crippen LogP contribution in [0.4, 0.5) is 0 Å². The molecule has 5 heteroatoms. The predicted molar refractivity (Wildman–Crippen MR) is 105 cm³/mol. The molecule has 2 heterocycles. The topological polar surface area (TPSA) is 59.8 Å². The molecule has 0 aliphatic carbocycles. The molecule has 0 spiro atoms. The number of nitrogens with zero attached hydrogens (tertiary/aromatic N) is 3. The first-order chi connectivity index (χ1) is 12.4. The first-order valence-electron chi connectivity index (χ1n) is 9.10. The standard InChI is InChI=1S/C21H26N4O/c1-6-17-15(4)24-25(16(17)5)11-10-22-21(26)19-12-14(3)23-20-13(2)8-7-9-18(19)20/h7-9,12H,6,10-11H2,1-5H3,(H,22,26). The lowest BCUT2D eigenvalue weighted by Crippen LogP contribution is -2.28. The molecule has 0 saturated carbocycles. The van der Waals surface area contributed by atoms with E-state index in [1.54, 1.807) is 0 Å². The zero-order valence-corrected chi connectivity index (χ0v) is 16.2. The summed E-state index contributed by atoms with van der Waals surface area (Å²) in [5.74, 6) is -0.0663. The third kappa shape index (κ3) is 3.34. The number of carbonyl (C=O) groups is 1. The molecule has 0 fully saturated rings. The molecule has 0 saturated heterocycles. The van der Waals surface area contributed by atoms with E-state index in [1.165, 1.54) is 11.3 Å². The second kappa shape index (κ2) is 7.28. The number of fused-ring (bicyclic) bond motifs is 1. The highest BCUT2D eigenvalue weighted by atomic mass is 16.1. The molecule has 1 N–H and O–H groups in total. The van der Waals surface area contributed by atoms with Crippen molar-refractivity contribution in [2.24, 2.45) is 0 Å². The smallest absolute Gasteiger partial charge is 0.252 e. The Balaban J connectivity index is 1.77. The van der Waals surface area contributed by atoms with Crippen molar-refractivity contribution in [1.29, 1.82) is 0 Å². The van der Waals surface area contributed by atoms with Crippen LogP contribution < -0.4 is 5.32 Å². The molecule has 0 radical (unpaired) electrons. The van der Waals surface area contributed by atoms with Gasteiger partial charge in [-0.3, -0.25) is 14.5 Å². The van der Waals surface area contributed by atoms with E-state index in [0.29, 0.717) is 18.7 Å². The molecule has 0 atom stereocenters. The van der Waals surface area contributed by atoms with Crippen molar-refractivity contribution < 1.29 is 4.79 Å². The minimum absolute atomic E-state index is 0.0663. The molecule has 3 aromatic rings. The minimum Gasteiger partial charge on any atom is -0.350 e. The molecule has 2 aromatic heterocycles. The van der Waals surface area contributed by atoms with Crippen LogP contribution in [0.3, 0.4) is 0 Å². The van der Waals surface area contributed by atoms with Crippen LogP contribution in [0.1, 0.15) is 45.5 Å². The van der Waals surface area contributed by atoms with Crippen LogP contribution >= 0.6 is 0 Å². The molecule has 136 valence electrons. The third-order valence-corrected chi connectivity index (χ3v) is 4.91. The number of aromatic nitrogens is 3. The van der Waals surface area contributed by atoms with E-state index in [4.69, 9.17) is 0 Å². The number of hydrogen-bond acceptors (Lipinski definition) is 3. The van der Waals surface area contributed by atoms with Crippen LogP contribution in [-0.2, 0) is 13.0 Å². The molecule has 0 aliphatic rings. The molecule has 3 rings (SSSR count). The van der Waals surface area contributed by atoms with Crippen molar-refractivity contribution in [3.05, 3.63) is 58.0 Å². The second-order valence-corrected chi connectivity index (χ2v) is 6.76. The number of nitrogens with one attached hydrogen (secondary N) is 1. The Kier molecular flexibility index (Phi) is 5.07. The van der Waals surface area contributed by atoms with Crippen molar-refractivity contribution in [3.8, 4) is 0 Å². The van der Waals surface area contributed by atoms with E-state index in [9.17, 15) is 4.79 Å². The van der Waals surface area contributed by atoms with Gasteiger partial charge >= 0.3 is 0 Å². The van der Waals surface area contributed by atoms with Gasteiger partial charge < -0.3 is 5.32 Å². The Hall–Kier alpha value is -2.69. The number of hydrogen-bond donors (Lipinski definition) is 1. The van der Waals surface area contributed by atoms with Gasteiger partial charge in [0.25, 0.3) is 5.91 Å². The van der Waals surface area contributed by atoms with Crippen molar-refractivity contribution in [2.75, 3.05) is 6.54 Å². The van der Waals surface area contributed by atoms with Gasteiger partial charge in [0.1, 0.15) is 0 Å². The number of carbonyl (C=O) groups excluding carboxylic acids is 1. The Labute approximate surface area is 154 Å². The molecule has 0 unspecified atom stereocenters. The van der Waals surface area contributed by atoms with Crippen LogP contribution in [0.5, 0.6) is 0 Å². The van der Waals surface area contributed by atoms with Gasteiger partial charge in [0.15, 0.2) is 0 Å². The number of para-hydroxylation sites is 1.